The van der Waals surface area contributed by atoms with Crippen molar-refractivity contribution in [3.63, 3.8) is 0 Å². The van der Waals surface area contributed by atoms with Crippen molar-refractivity contribution in [2.45, 2.75) is 31.3 Å². The quantitative estimate of drug-likeness (QED) is 0.529. The summed E-state index contributed by atoms with van der Waals surface area (Å²) >= 11 is 0. The first-order valence-corrected chi connectivity index (χ1v) is 8.21. The molecule has 2 aromatic rings. The number of hydrogen-bond donors (Lipinski definition) is 1. The number of ether oxygens (including phenoxy) is 1. The molecule has 29 heavy (non-hydrogen) atoms. The average Bonchev–Trinajstić information content (AvgIpc) is 2.63. The number of primary amides is 1. The van der Waals surface area contributed by atoms with Crippen LogP contribution in [0, 0.1) is 0 Å². The zero-order valence-electron chi connectivity index (χ0n) is 14.7. The summed E-state index contributed by atoms with van der Waals surface area (Å²) in [7, 11) is 0. The van der Waals surface area contributed by atoms with Gasteiger partial charge in [-0.25, -0.2) is 4.79 Å². The van der Waals surface area contributed by atoms with Crippen LogP contribution >= 0.6 is 0 Å². The van der Waals surface area contributed by atoms with Crippen LogP contribution in [0.1, 0.15) is 33.5 Å². The Hall–Kier alpha value is -3.04. The van der Waals surface area contributed by atoms with Crippen molar-refractivity contribution in [1.29, 1.82) is 0 Å². The fraction of sp³-hybridized carbons (Fsp3) is 0.263. The zero-order valence-corrected chi connectivity index (χ0v) is 14.7. The summed E-state index contributed by atoms with van der Waals surface area (Å²) in [6.45, 7) is 0. The van der Waals surface area contributed by atoms with Gasteiger partial charge in [-0.1, -0.05) is 30.3 Å². The van der Waals surface area contributed by atoms with Crippen molar-refractivity contribution in [1.82, 2.24) is 0 Å². The van der Waals surface area contributed by atoms with E-state index in [1.54, 1.807) is 30.3 Å². The van der Waals surface area contributed by atoms with E-state index in [1.165, 1.54) is 0 Å². The molecule has 1 atom stereocenters. The Morgan fingerprint density at radius 3 is 1.86 bits per heavy atom. The number of Topliss-reactive ketones (excluding diaryl/α,β-unsaturated/α-hetero) is 1. The van der Waals surface area contributed by atoms with E-state index in [-0.39, 0.29) is 31.0 Å². The Bertz CT molecular complexity index is 845. The van der Waals surface area contributed by atoms with Gasteiger partial charge < -0.3 is 10.5 Å². The molecule has 0 saturated heterocycles. The second kappa shape index (κ2) is 8.54. The Kier molecular flexibility index (Phi) is 6.55. The number of benzene rings is 2. The van der Waals surface area contributed by atoms with Crippen LogP contribution in [0.5, 0.6) is 0 Å². The highest BCUT2D eigenvalue weighted by molar-refractivity contribution is 6.00. The van der Waals surface area contributed by atoms with E-state index in [4.69, 9.17) is 5.73 Å². The van der Waals surface area contributed by atoms with Crippen LogP contribution < -0.4 is 5.73 Å². The van der Waals surface area contributed by atoms with Crippen LogP contribution in [-0.2, 0) is 23.5 Å². The van der Waals surface area contributed by atoms with Gasteiger partial charge in [0.15, 0.2) is 6.10 Å². The van der Waals surface area contributed by atoms with Crippen molar-refractivity contribution in [3.8, 4) is 0 Å². The normalized spacial score (nSPS) is 13.0. The number of nitrogens with two attached hydrogens (primary N) is 1. The molecular formula is C19H15F6NO3. The smallest absolute Gasteiger partial charge is 0.416 e. The molecule has 2 rings (SSSR count). The van der Waals surface area contributed by atoms with Crippen molar-refractivity contribution < 1.29 is 40.7 Å². The summed E-state index contributed by atoms with van der Waals surface area (Å²) < 4.78 is 82.6. The van der Waals surface area contributed by atoms with Gasteiger partial charge in [-0.2, -0.15) is 26.3 Å². The van der Waals surface area contributed by atoms with Crippen molar-refractivity contribution in [2.75, 3.05) is 0 Å². The van der Waals surface area contributed by atoms with Gasteiger partial charge in [0, 0.05) is 5.56 Å². The van der Waals surface area contributed by atoms with Crippen molar-refractivity contribution in [3.05, 3.63) is 70.8 Å². The van der Waals surface area contributed by atoms with Crippen LogP contribution in [0.3, 0.4) is 0 Å². The zero-order chi connectivity index (χ0) is 21.8. The van der Waals surface area contributed by atoms with E-state index >= 15 is 0 Å². The van der Waals surface area contributed by atoms with Gasteiger partial charge in [0.05, 0.1) is 11.1 Å². The maximum absolute atomic E-state index is 13.0. The minimum absolute atomic E-state index is 0.0926. The van der Waals surface area contributed by atoms with Crippen LogP contribution in [0.15, 0.2) is 48.5 Å². The first-order valence-electron chi connectivity index (χ1n) is 8.21. The lowest BCUT2D eigenvalue weighted by molar-refractivity contribution is -0.143. The molecule has 4 nitrogen and oxygen atoms in total. The monoisotopic (exact) mass is 419 g/mol. The molecule has 2 N–H and O–H groups in total. The fourth-order valence-corrected chi connectivity index (χ4v) is 2.61. The predicted octanol–water partition coefficient (Wildman–Crippen LogP) is 5.00. The highest BCUT2D eigenvalue weighted by Crippen LogP contribution is 2.36. The van der Waals surface area contributed by atoms with Crippen LogP contribution in [0.4, 0.5) is 31.1 Å². The summed E-state index contributed by atoms with van der Waals surface area (Å²) in [5.41, 5.74) is 1.46. The molecule has 0 radical (unpaired) electrons. The SMILES string of the molecule is NC(=O)O[C@@H](CCc1ccccc1)C(=O)c1cc(C(F)(F)F)cc(C(F)(F)F)c1. The molecule has 0 saturated carbocycles. The molecule has 2 aromatic carbocycles. The van der Waals surface area contributed by atoms with Crippen LogP contribution in [0.2, 0.25) is 0 Å². The van der Waals surface area contributed by atoms with E-state index in [0.29, 0.717) is 0 Å². The Balaban J connectivity index is 2.39. The van der Waals surface area contributed by atoms with Gasteiger partial charge in [-0.3, -0.25) is 4.79 Å². The van der Waals surface area contributed by atoms with Gasteiger partial charge in [-0.15, -0.1) is 0 Å². The molecule has 0 heterocycles. The number of carbonyl (C=O) groups is 2. The summed E-state index contributed by atoms with van der Waals surface area (Å²) in [4.78, 5) is 23.7. The third kappa shape index (κ3) is 6.23. The fourth-order valence-electron chi connectivity index (χ4n) is 2.61. The number of hydrogen-bond acceptors (Lipinski definition) is 3. The van der Waals surface area contributed by atoms with E-state index < -0.39 is 47.0 Å². The molecule has 156 valence electrons. The van der Waals surface area contributed by atoms with Crippen molar-refractivity contribution >= 4 is 11.9 Å². The van der Waals surface area contributed by atoms with E-state index in [2.05, 4.69) is 4.74 Å². The highest BCUT2D eigenvalue weighted by atomic mass is 19.4. The highest BCUT2D eigenvalue weighted by Gasteiger charge is 2.38. The number of carbonyl (C=O) groups excluding carboxylic acids is 2. The lowest BCUT2D eigenvalue weighted by atomic mass is 9.96. The van der Waals surface area contributed by atoms with E-state index in [1.807, 2.05) is 0 Å². The number of aryl methyl sites for hydroxylation is 1. The third-order valence-corrected chi connectivity index (χ3v) is 3.96. The average molecular weight is 419 g/mol. The standard InChI is InChI=1S/C19H15F6NO3/c20-18(21,22)13-8-12(9-14(10-13)19(23,24)25)16(27)15(29-17(26)28)7-6-11-4-2-1-3-5-11/h1-5,8-10,15H,6-7H2,(H2,26,28)/t15-/m0/s1. The van der Waals surface area contributed by atoms with E-state index in [0.717, 1.165) is 5.56 Å². The predicted molar refractivity (Wildman–Crippen MR) is 90.0 cm³/mol. The molecule has 0 spiro atoms. The molecule has 0 aromatic heterocycles. The second-order valence-corrected chi connectivity index (χ2v) is 6.11. The molecule has 0 bridgehead atoms. The van der Waals surface area contributed by atoms with Crippen LogP contribution in [-0.4, -0.2) is 18.0 Å². The van der Waals surface area contributed by atoms with Gasteiger partial charge in [0.2, 0.25) is 5.78 Å². The molecule has 0 aliphatic rings. The van der Waals surface area contributed by atoms with Gasteiger partial charge in [0.1, 0.15) is 0 Å². The summed E-state index contributed by atoms with van der Waals surface area (Å²) in [6, 6.07) is 9.00. The Morgan fingerprint density at radius 2 is 1.41 bits per heavy atom. The minimum Gasteiger partial charge on any atom is -0.438 e. The van der Waals surface area contributed by atoms with Gasteiger partial charge in [-0.05, 0) is 36.6 Å². The molecule has 0 aliphatic carbocycles. The molecule has 1 amide bonds. The molecular weight excluding hydrogens is 404 g/mol. The lowest BCUT2D eigenvalue weighted by Gasteiger charge is -2.18. The summed E-state index contributed by atoms with van der Waals surface area (Å²) in [5, 5.41) is 0. The number of alkyl halides is 6. The Labute approximate surface area is 161 Å². The third-order valence-electron chi connectivity index (χ3n) is 3.96. The molecule has 0 aliphatic heterocycles. The first-order chi connectivity index (χ1) is 13.4. The summed E-state index contributed by atoms with van der Waals surface area (Å²) in [5.74, 6) is -1.21. The molecule has 10 heteroatoms. The number of ketones is 1. The largest absolute Gasteiger partial charge is 0.438 e. The number of amides is 1. The van der Waals surface area contributed by atoms with E-state index in [9.17, 15) is 35.9 Å². The molecule has 0 fully saturated rings. The van der Waals surface area contributed by atoms with Gasteiger partial charge >= 0.3 is 18.4 Å². The maximum Gasteiger partial charge on any atom is 0.416 e. The van der Waals surface area contributed by atoms with Gasteiger partial charge in [0.25, 0.3) is 0 Å². The maximum atomic E-state index is 13.0. The summed E-state index contributed by atoms with van der Waals surface area (Å²) in [6.07, 6.45) is -13.2. The van der Waals surface area contributed by atoms with Crippen molar-refractivity contribution in [2.24, 2.45) is 5.73 Å². The topological polar surface area (TPSA) is 69.4 Å². The minimum atomic E-state index is -5.11. The number of halogens is 6. The lowest BCUT2D eigenvalue weighted by Crippen LogP contribution is -2.31. The molecule has 0 unspecified atom stereocenters. The second-order valence-electron chi connectivity index (χ2n) is 6.11. The van der Waals surface area contributed by atoms with Crippen LogP contribution in [0.25, 0.3) is 0 Å². The Morgan fingerprint density at radius 1 is 0.897 bits per heavy atom. The first kappa shape index (κ1) is 22.3. The number of rotatable bonds is 6.